The molecule has 0 atom stereocenters. The van der Waals surface area contributed by atoms with Crippen molar-refractivity contribution in [2.24, 2.45) is 5.92 Å². The van der Waals surface area contributed by atoms with E-state index in [1.807, 2.05) is 97.1 Å². The summed E-state index contributed by atoms with van der Waals surface area (Å²) in [6.07, 6.45) is 1.19. The van der Waals surface area contributed by atoms with Crippen LogP contribution in [-0.4, -0.2) is 9.97 Å². The number of nitrogens with zero attached hydrogens (tertiary/aromatic N) is 2. The first kappa shape index (κ1) is 30.1. The first-order valence-corrected chi connectivity index (χ1v) is 17.4. The summed E-state index contributed by atoms with van der Waals surface area (Å²) in [6.45, 7) is 5.34. The number of aryl methyl sites for hydroxylation is 1. The molecule has 1 radical (unpaired) electrons. The number of pyridine rings is 2. The molecule has 4 heterocycles. The molecule has 0 saturated heterocycles. The molecule has 0 fully saturated rings. The monoisotopic (exact) mass is 874 g/mol. The van der Waals surface area contributed by atoms with Gasteiger partial charge >= 0.3 is 0 Å². The summed E-state index contributed by atoms with van der Waals surface area (Å²) in [7, 11) is 0. The van der Waals surface area contributed by atoms with Crippen molar-refractivity contribution in [1.82, 2.24) is 9.97 Å². The summed E-state index contributed by atoms with van der Waals surface area (Å²) in [6, 6.07) is 46.1. The van der Waals surface area contributed by atoms with E-state index in [0.29, 0.717) is 16.8 Å². The molecule has 0 amide bonds. The van der Waals surface area contributed by atoms with Gasteiger partial charge in [0.2, 0.25) is 0 Å². The van der Waals surface area contributed by atoms with Crippen molar-refractivity contribution in [1.29, 1.82) is 0 Å². The van der Waals surface area contributed by atoms with E-state index < -0.39 is 19.1 Å². The Morgan fingerprint density at radius 3 is 2.15 bits per heavy atom. The normalized spacial score (nSPS) is 13.5. The van der Waals surface area contributed by atoms with Crippen LogP contribution >= 0.6 is 0 Å². The molecule has 0 unspecified atom stereocenters. The standard InChI is InChI=1S/C31H30NO.C17H10NO.Ir/c1-20(2)17-22-18-27(32-19-21(22)3)24-15-16-26(31(4,5)23-11-7-6-8-12-23)29-25-13-9-10-14-28(25)33-30(24)29;1-2-10-16-12(6-1)13-7-5-8-14(17(13)19-16)15-9-3-4-11-18-15;/h6-14,16,18-20H,17H2,1-5H3;1-7,9-11H;/q2*-1;/i3D3,17D2;;. The van der Waals surface area contributed by atoms with Crippen LogP contribution in [0.1, 0.15) is 56.8 Å². The second kappa shape index (κ2) is 14.9. The van der Waals surface area contributed by atoms with Gasteiger partial charge in [0.05, 0.1) is 11.2 Å². The van der Waals surface area contributed by atoms with Crippen LogP contribution in [0.2, 0.25) is 0 Å². The molecule has 0 aliphatic heterocycles. The van der Waals surface area contributed by atoms with E-state index in [0.717, 1.165) is 60.7 Å². The minimum atomic E-state index is -2.49. The van der Waals surface area contributed by atoms with E-state index in [1.165, 1.54) is 6.20 Å². The largest absolute Gasteiger partial charge is 0.501 e. The Hall–Kier alpha value is -5.35. The molecule has 4 aromatic heterocycles. The van der Waals surface area contributed by atoms with E-state index in [1.54, 1.807) is 26.1 Å². The van der Waals surface area contributed by atoms with Crippen LogP contribution in [0.5, 0.6) is 0 Å². The maximum atomic E-state index is 8.72. The van der Waals surface area contributed by atoms with Gasteiger partial charge in [-0.25, -0.2) is 0 Å². The van der Waals surface area contributed by atoms with Gasteiger partial charge in [-0.05, 0) is 65.3 Å². The van der Waals surface area contributed by atoms with E-state index >= 15 is 0 Å². The number of benzene rings is 5. The maximum absolute atomic E-state index is 8.72. The summed E-state index contributed by atoms with van der Waals surface area (Å²) in [5.41, 5.74) is 7.73. The Balaban J connectivity index is 0.000000213. The van der Waals surface area contributed by atoms with Gasteiger partial charge in [-0.3, -0.25) is 0 Å². The third-order valence-electron chi connectivity index (χ3n) is 9.49. The Morgan fingerprint density at radius 1 is 0.736 bits per heavy atom. The molecule has 265 valence electrons. The van der Waals surface area contributed by atoms with Crippen molar-refractivity contribution in [3.05, 3.63) is 168 Å². The van der Waals surface area contributed by atoms with E-state index in [9.17, 15) is 0 Å². The smallest absolute Gasteiger partial charge is 0.120 e. The average Bonchev–Trinajstić information content (AvgIpc) is 3.80. The topological polar surface area (TPSA) is 52.1 Å². The molecule has 0 spiro atoms. The van der Waals surface area contributed by atoms with Crippen molar-refractivity contribution < 1.29 is 35.8 Å². The molecule has 0 aliphatic rings. The van der Waals surface area contributed by atoms with Gasteiger partial charge in [0.15, 0.2) is 0 Å². The van der Waals surface area contributed by atoms with Gasteiger partial charge in [0.1, 0.15) is 11.2 Å². The van der Waals surface area contributed by atoms with Gasteiger partial charge in [0.25, 0.3) is 0 Å². The van der Waals surface area contributed by atoms with Crippen LogP contribution in [-0.2, 0) is 31.9 Å². The third-order valence-corrected chi connectivity index (χ3v) is 9.49. The van der Waals surface area contributed by atoms with Crippen molar-refractivity contribution >= 4 is 43.9 Å². The SMILES string of the molecule is [2H]C([2H])([2H])c1cnc(-c2[c-]cc(C(C)(C)c3ccccc3)c3c2oc2ccccc23)cc1C([2H])([2H])C(C)C.[Ir].[c-]1ccc2c(oc3ccccc32)c1-c1ccccn1. The molecule has 0 saturated carbocycles. The maximum Gasteiger partial charge on any atom is 0.120 e. The number of fused-ring (bicyclic) bond motifs is 6. The van der Waals surface area contributed by atoms with Crippen LogP contribution < -0.4 is 0 Å². The predicted octanol–water partition coefficient (Wildman–Crippen LogP) is 12.7. The van der Waals surface area contributed by atoms with Gasteiger partial charge in [-0.2, -0.15) is 0 Å². The Kier molecular flexibility index (Phi) is 8.50. The Bertz CT molecular complexity index is 2880. The summed E-state index contributed by atoms with van der Waals surface area (Å²) < 4.78 is 53.8. The number of para-hydroxylation sites is 2. The fraction of sp³-hybridized carbons (Fsp3) is 0.167. The Labute approximate surface area is 331 Å². The third kappa shape index (κ3) is 6.83. The molecule has 0 N–H and O–H groups in total. The molecule has 0 bridgehead atoms. The van der Waals surface area contributed by atoms with Crippen LogP contribution in [0.25, 0.3) is 66.4 Å². The van der Waals surface area contributed by atoms with Crippen molar-refractivity contribution in [3.63, 3.8) is 0 Å². The zero-order chi connectivity index (χ0) is 40.1. The second-order valence-corrected chi connectivity index (χ2v) is 13.7. The van der Waals surface area contributed by atoms with Crippen LogP contribution in [0.15, 0.2) is 143 Å². The molecule has 53 heavy (non-hydrogen) atoms. The van der Waals surface area contributed by atoms with Gasteiger partial charge in [-0.1, -0.05) is 140 Å². The number of hydrogen-bond donors (Lipinski definition) is 0. The molecule has 5 aromatic carbocycles. The van der Waals surface area contributed by atoms with E-state index in [-0.39, 0.29) is 36.6 Å². The first-order valence-electron chi connectivity index (χ1n) is 19.9. The van der Waals surface area contributed by atoms with Crippen LogP contribution in [0, 0.1) is 24.9 Å². The molecule has 9 aromatic rings. The zero-order valence-corrected chi connectivity index (χ0v) is 32.2. The number of furan rings is 2. The van der Waals surface area contributed by atoms with E-state index in [4.69, 9.17) is 15.7 Å². The number of rotatable bonds is 6. The average molecular weight is 874 g/mol. The molecule has 4 nitrogen and oxygen atoms in total. The van der Waals surface area contributed by atoms with E-state index in [2.05, 4.69) is 54.1 Å². The number of hydrogen-bond acceptors (Lipinski definition) is 4. The molecule has 5 heteroatoms. The predicted molar refractivity (Wildman–Crippen MR) is 213 cm³/mol. The molecule has 0 aliphatic carbocycles. The quantitative estimate of drug-likeness (QED) is 0.156. The summed E-state index contributed by atoms with van der Waals surface area (Å²) in [5.74, 6) is -0.442. The van der Waals surface area contributed by atoms with Crippen LogP contribution in [0.4, 0.5) is 0 Å². The molecular formula is C48H40IrN2O2-2. The molecular weight excluding hydrogens is 829 g/mol. The number of aromatic nitrogens is 2. The fourth-order valence-electron chi connectivity index (χ4n) is 6.88. The first-order chi connectivity index (χ1) is 27.3. The van der Waals surface area contributed by atoms with Crippen molar-refractivity contribution in [3.8, 4) is 22.5 Å². The zero-order valence-electron chi connectivity index (χ0n) is 34.8. The Morgan fingerprint density at radius 2 is 1.42 bits per heavy atom. The summed E-state index contributed by atoms with van der Waals surface area (Å²) in [4.78, 5) is 8.88. The van der Waals surface area contributed by atoms with Gasteiger partial charge in [0, 0.05) is 50.1 Å². The van der Waals surface area contributed by atoms with Crippen molar-refractivity contribution in [2.45, 2.75) is 46.3 Å². The molecule has 9 rings (SSSR count). The van der Waals surface area contributed by atoms with Crippen molar-refractivity contribution in [2.75, 3.05) is 0 Å². The van der Waals surface area contributed by atoms with Gasteiger partial charge in [-0.15, -0.1) is 35.9 Å². The second-order valence-electron chi connectivity index (χ2n) is 13.7. The van der Waals surface area contributed by atoms with Gasteiger partial charge < -0.3 is 18.8 Å². The summed E-state index contributed by atoms with van der Waals surface area (Å²) in [5, 5.41) is 4.14. The minimum Gasteiger partial charge on any atom is -0.501 e. The minimum absolute atomic E-state index is 0. The summed E-state index contributed by atoms with van der Waals surface area (Å²) >= 11 is 0. The van der Waals surface area contributed by atoms with Crippen LogP contribution in [0.3, 0.4) is 0 Å². The fourth-order valence-corrected chi connectivity index (χ4v) is 6.88.